The first kappa shape index (κ1) is 19.0. The van der Waals surface area contributed by atoms with Crippen molar-refractivity contribution in [3.63, 3.8) is 0 Å². The van der Waals surface area contributed by atoms with Crippen LogP contribution >= 0.6 is 46.9 Å². The van der Waals surface area contributed by atoms with Crippen LogP contribution in [0.4, 0.5) is 5.13 Å². The van der Waals surface area contributed by atoms with Gasteiger partial charge in [-0.15, -0.1) is 11.3 Å². The topological polar surface area (TPSA) is 62.3 Å². The number of carbonyl (C=O) groups is 2. The Morgan fingerprint density at radius 3 is 2.92 bits per heavy atom. The number of carbonyl (C=O) groups excluding carboxylic acids is 2. The summed E-state index contributed by atoms with van der Waals surface area (Å²) in [5, 5.41) is 5.66. The first-order valence-electron chi connectivity index (χ1n) is 7.74. The smallest absolute Gasteiger partial charge is 0.266 e. The maximum atomic E-state index is 12.6. The number of nitrogens with one attached hydrogen (secondary N) is 1. The minimum Gasteiger partial charge on any atom is -0.302 e. The summed E-state index contributed by atoms with van der Waals surface area (Å²) in [4.78, 5) is 30.5. The van der Waals surface area contributed by atoms with E-state index in [4.69, 9.17) is 23.8 Å². The number of anilines is 1. The van der Waals surface area contributed by atoms with Gasteiger partial charge in [0, 0.05) is 29.6 Å². The van der Waals surface area contributed by atoms with E-state index in [-0.39, 0.29) is 11.8 Å². The molecule has 2 amide bonds. The largest absolute Gasteiger partial charge is 0.302 e. The van der Waals surface area contributed by atoms with Gasteiger partial charge in [0.2, 0.25) is 5.91 Å². The summed E-state index contributed by atoms with van der Waals surface area (Å²) in [5.74, 6) is -0.280. The van der Waals surface area contributed by atoms with E-state index < -0.39 is 0 Å². The highest BCUT2D eigenvalue weighted by molar-refractivity contribution is 8.26. The molecule has 0 bridgehead atoms. The summed E-state index contributed by atoms with van der Waals surface area (Å²) < 4.78 is 0.494. The highest BCUT2D eigenvalue weighted by atomic mass is 35.5. The van der Waals surface area contributed by atoms with Crippen LogP contribution in [-0.2, 0) is 9.59 Å². The number of nitrogens with zero attached hydrogens (tertiary/aromatic N) is 2. The molecule has 1 aliphatic heterocycles. The van der Waals surface area contributed by atoms with Gasteiger partial charge < -0.3 is 5.32 Å². The molecule has 1 fully saturated rings. The molecule has 1 aliphatic rings. The summed E-state index contributed by atoms with van der Waals surface area (Å²) in [5.41, 5.74) is 0.775. The lowest BCUT2D eigenvalue weighted by Gasteiger charge is -2.13. The lowest BCUT2D eigenvalue weighted by Crippen LogP contribution is -2.29. The number of hydrogen-bond donors (Lipinski definition) is 1. The Bertz CT molecular complexity index is 868. The Kier molecular flexibility index (Phi) is 6.42. The van der Waals surface area contributed by atoms with Crippen LogP contribution in [0.1, 0.15) is 18.4 Å². The summed E-state index contributed by atoms with van der Waals surface area (Å²) in [6, 6.07) is 7.31. The molecule has 2 heterocycles. The highest BCUT2D eigenvalue weighted by Gasteiger charge is 2.31. The molecule has 1 saturated heterocycles. The second-order valence-corrected chi connectivity index (χ2v) is 8.32. The molecule has 0 atom stereocenters. The van der Waals surface area contributed by atoms with Crippen molar-refractivity contribution in [3.05, 3.63) is 51.3 Å². The summed E-state index contributed by atoms with van der Waals surface area (Å²) in [7, 11) is 0. The van der Waals surface area contributed by atoms with E-state index in [0.29, 0.717) is 38.8 Å². The molecule has 0 radical (unpaired) electrons. The molecule has 3 rings (SSSR count). The molecule has 2 aromatic rings. The predicted octanol–water partition coefficient (Wildman–Crippen LogP) is 4.42. The number of aromatic nitrogens is 1. The van der Waals surface area contributed by atoms with Gasteiger partial charge in [0.25, 0.3) is 5.91 Å². The number of hydrogen-bond acceptors (Lipinski definition) is 6. The van der Waals surface area contributed by atoms with Crippen LogP contribution in [-0.4, -0.2) is 32.6 Å². The molecule has 0 unspecified atom stereocenters. The minimum absolute atomic E-state index is 0.128. The highest BCUT2D eigenvalue weighted by Crippen LogP contribution is 2.33. The molecule has 0 aliphatic carbocycles. The van der Waals surface area contributed by atoms with E-state index in [1.165, 1.54) is 28.0 Å². The van der Waals surface area contributed by atoms with E-state index in [1.807, 2.05) is 18.2 Å². The number of thiocarbonyl (C=S) groups is 1. The molecule has 26 heavy (non-hydrogen) atoms. The van der Waals surface area contributed by atoms with Crippen molar-refractivity contribution in [2.75, 3.05) is 11.9 Å². The lowest BCUT2D eigenvalue weighted by molar-refractivity contribution is -0.122. The van der Waals surface area contributed by atoms with Gasteiger partial charge in [-0.25, -0.2) is 4.98 Å². The van der Waals surface area contributed by atoms with Gasteiger partial charge in [0.15, 0.2) is 5.13 Å². The second-order valence-electron chi connectivity index (χ2n) is 5.34. The first-order valence-corrected chi connectivity index (χ1v) is 10.2. The molecule has 5 nitrogen and oxygen atoms in total. The van der Waals surface area contributed by atoms with Crippen molar-refractivity contribution in [1.29, 1.82) is 0 Å². The van der Waals surface area contributed by atoms with Crippen LogP contribution in [0.25, 0.3) is 6.08 Å². The van der Waals surface area contributed by atoms with Crippen LogP contribution in [0.5, 0.6) is 0 Å². The van der Waals surface area contributed by atoms with Gasteiger partial charge in [0.05, 0.1) is 4.91 Å². The Morgan fingerprint density at radius 2 is 2.19 bits per heavy atom. The third kappa shape index (κ3) is 4.70. The molecule has 9 heteroatoms. The van der Waals surface area contributed by atoms with Gasteiger partial charge in [-0.2, -0.15) is 0 Å². The zero-order valence-corrected chi connectivity index (χ0v) is 16.7. The lowest BCUT2D eigenvalue weighted by atomic mass is 10.2. The molecular weight excluding hydrogens is 410 g/mol. The standard InChI is InChI=1S/C17H14ClN3O2S3/c18-12-5-2-1-4-11(12)10-13-15(23)21(17(24)26-13)8-3-6-14(22)20-16-19-7-9-25-16/h1-2,4-5,7,9-10H,3,6,8H2,(H,19,20,22)/b13-10+. The van der Waals surface area contributed by atoms with Crippen molar-refractivity contribution in [2.45, 2.75) is 12.8 Å². The average Bonchev–Trinajstić information content (AvgIpc) is 3.20. The van der Waals surface area contributed by atoms with Crippen LogP contribution < -0.4 is 5.32 Å². The average molecular weight is 424 g/mol. The number of thiazole rings is 1. The van der Waals surface area contributed by atoms with Gasteiger partial charge in [-0.1, -0.05) is 53.8 Å². The van der Waals surface area contributed by atoms with E-state index in [9.17, 15) is 9.59 Å². The SMILES string of the molecule is O=C(CCCN1C(=O)/C(=C\c2ccccc2Cl)SC1=S)Nc1nccs1. The first-order chi connectivity index (χ1) is 12.5. The van der Waals surface area contributed by atoms with Crippen LogP contribution in [0.2, 0.25) is 5.02 Å². The fourth-order valence-corrected chi connectivity index (χ4v) is 4.33. The summed E-state index contributed by atoms with van der Waals surface area (Å²) in [6.45, 7) is 0.399. The van der Waals surface area contributed by atoms with Crippen LogP contribution in [0, 0.1) is 0 Å². The summed E-state index contributed by atoms with van der Waals surface area (Å²) >= 11 is 14.1. The van der Waals surface area contributed by atoms with Gasteiger partial charge >= 0.3 is 0 Å². The zero-order valence-electron chi connectivity index (χ0n) is 13.5. The Balaban J connectivity index is 1.56. The zero-order chi connectivity index (χ0) is 18.5. The molecule has 1 aromatic carbocycles. The van der Waals surface area contributed by atoms with E-state index in [1.54, 1.807) is 23.7 Å². The van der Waals surface area contributed by atoms with Crippen LogP contribution in [0.3, 0.4) is 0 Å². The van der Waals surface area contributed by atoms with Gasteiger partial charge in [0.1, 0.15) is 4.32 Å². The quantitative estimate of drug-likeness (QED) is 0.550. The van der Waals surface area contributed by atoms with Crippen molar-refractivity contribution in [3.8, 4) is 0 Å². The number of thioether (sulfide) groups is 1. The molecule has 0 spiro atoms. The van der Waals surface area contributed by atoms with Crippen molar-refractivity contribution in [2.24, 2.45) is 0 Å². The Morgan fingerprint density at radius 1 is 1.38 bits per heavy atom. The van der Waals surface area contributed by atoms with Gasteiger partial charge in [-0.05, 0) is 24.1 Å². The predicted molar refractivity (Wildman–Crippen MR) is 111 cm³/mol. The second kappa shape index (κ2) is 8.77. The molecule has 1 N–H and O–H groups in total. The minimum atomic E-state index is -0.153. The number of amides is 2. The Labute approximate surface area is 169 Å². The van der Waals surface area contributed by atoms with E-state index >= 15 is 0 Å². The monoisotopic (exact) mass is 423 g/mol. The fourth-order valence-electron chi connectivity index (χ4n) is 2.29. The molecule has 134 valence electrons. The summed E-state index contributed by atoms with van der Waals surface area (Å²) in [6.07, 6.45) is 4.19. The third-order valence-electron chi connectivity index (χ3n) is 3.53. The van der Waals surface area contributed by atoms with Gasteiger partial charge in [-0.3, -0.25) is 14.5 Å². The maximum absolute atomic E-state index is 12.6. The molecular formula is C17H14ClN3O2S3. The van der Waals surface area contributed by atoms with Crippen molar-refractivity contribution in [1.82, 2.24) is 9.88 Å². The molecule has 0 saturated carbocycles. The normalized spacial score (nSPS) is 15.7. The number of benzene rings is 1. The van der Waals surface area contributed by atoms with E-state index in [0.717, 1.165) is 5.56 Å². The maximum Gasteiger partial charge on any atom is 0.266 e. The molecule has 1 aromatic heterocycles. The number of rotatable bonds is 6. The fraction of sp³-hybridized carbons (Fsp3) is 0.176. The Hall–Kier alpha value is -1.74. The number of halogens is 1. The van der Waals surface area contributed by atoms with Crippen LogP contribution in [0.15, 0.2) is 40.7 Å². The van der Waals surface area contributed by atoms with Crippen molar-refractivity contribution >= 4 is 74.3 Å². The third-order valence-corrected chi connectivity index (χ3v) is 5.94. The van der Waals surface area contributed by atoms with E-state index in [2.05, 4.69) is 10.3 Å². The van der Waals surface area contributed by atoms with Crippen molar-refractivity contribution < 1.29 is 9.59 Å².